The molecule has 0 aromatic heterocycles. The number of fused-ring (bicyclic) bond motifs is 1. The standard InChI is InChI=1S/C21H20N2O5/c1-22(2)21(27)18(14-8-4-3-5-9-14)28-17(24)12-13-23-19(25)15-10-6-7-11-16(15)20(23)26/h3-11,18H,12-13H2,1-2H3/t18-/m0/s1. The maximum absolute atomic E-state index is 12.4. The summed E-state index contributed by atoms with van der Waals surface area (Å²) in [5.74, 6) is -1.91. The zero-order valence-electron chi connectivity index (χ0n) is 15.6. The fourth-order valence-electron chi connectivity index (χ4n) is 2.96. The predicted octanol–water partition coefficient (Wildman–Crippen LogP) is 2.05. The molecule has 0 radical (unpaired) electrons. The molecule has 0 N–H and O–H groups in total. The van der Waals surface area contributed by atoms with Gasteiger partial charge in [-0.25, -0.2) is 0 Å². The minimum atomic E-state index is -1.08. The summed E-state index contributed by atoms with van der Waals surface area (Å²) < 4.78 is 5.39. The van der Waals surface area contributed by atoms with Crippen LogP contribution in [0, 0.1) is 0 Å². The number of hydrogen-bond donors (Lipinski definition) is 0. The molecule has 0 saturated heterocycles. The molecule has 1 aliphatic heterocycles. The third-order valence-corrected chi connectivity index (χ3v) is 4.43. The van der Waals surface area contributed by atoms with Crippen molar-refractivity contribution < 1.29 is 23.9 Å². The van der Waals surface area contributed by atoms with Crippen LogP contribution in [0.2, 0.25) is 0 Å². The molecule has 0 spiro atoms. The number of likely N-dealkylation sites (N-methyl/N-ethyl adjacent to an activating group) is 1. The zero-order chi connectivity index (χ0) is 20.3. The van der Waals surface area contributed by atoms with E-state index in [0.717, 1.165) is 4.90 Å². The summed E-state index contributed by atoms with van der Waals surface area (Å²) in [7, 11) is 3.15. The van der Waals surface area contributed by atoms with E-state index >= 15 is 0 Å². The van der Waals surface area contributed by atoms with Crippen molar-refractivity contribution >= 4 is 23.7 Å². The lowest BCUT2D eigenvalue weighted by molar-refractivity contribution is -0.159. The maximum atomic E-state index is 12.4. The van der Waals surface area contributed by atoms with Crippen molar-refractivity contribution in [3.05, 3.63) is 71.3 Å². The first-order chi connectivity index (χ1) is 13.4. The van der Waals surface area contributed by atoms with Crippen LogP contribution in [0.1, 0.15) is 38.8 Å². The lowest BCUT2D eigenvalue weighted by atomic mass is 10.1. The zero-order valence-corrected chi connectivity index (χ0v) is 15.6. The van der Waals surface area contributed by atoms with E-state index in [2.05, 4.69) is 0 Å². The highest BCUT2D eigenvalue weighted by Crippen LogP contribution is 2.24. The summed E-state index contributed by atoms with van der Waals surface area (Å²) in [4.78, 5) is 51.9. The van der Waals surface area contributed by atoms with E-state index in [1.165, 1.54) is 4.90 Å². The summed E-state index contributed by atoms with van der Waals surface area (Å²) in [6.07, 6.45) is -1.28. The molecule has 1 aliphatic rings. The van der Waals surface area contributed by atoms with E-state index in [-0.39, 0.29) is 18.9 Å². The average molecular weight is 380 g/mol. The third-order valence-electron chi connectivity index (χ3n) is 4.43. The van der Waals surface area contributed by atoms with Crippen molar-refractivity contribution in [2.45, 2.75) is 12.5 Å². The molecule has 1 atom stereocenters. The molecule has 7 nitrogen and oxygen atoms in total. The van der Waals surface area contributed by atoms with Gasteiger partial charge in [0.1, 0.15) is 0 Å². The molecule has 0 bridgehead atoms. The van der Waals surface area contributed by atoms with Crippen LogP contribution in [0.4, 0.5) is 0 Å². The average Bonchev–Trinajstić information content (AvgIpc) is 2.95. The lowest BCUT2D eigenvalue weighted by Crippen LogP contribution is -2.34. The van der Waals surface area contributed by atoms with Crippen molar-refractivity contribution in [3.8, 4) is 0 Å². The smallest absolute Gasteiger partial charge is 0.308 e. The largest absolute Gasteiger partial charge is 0.447 e. The van der Waals surface area contributed by atoms with Gasteiger partial charge in [-0.3, -0.25) is 24.1 Å². The Kier molecular flexibility index (Phi) is 5.54. The van der Waals surface area contributed by atoms with Gasteiger partial charge in [-0.1, -0.05) is 42.5 Å². The second-order valence-electron chi connectivity index (χ2n) is 6.57. The van der Waals surface area contributed by atoms with Crippen LogP contribution in [0.3, 0.4) is 0 Å². The molecule has 3 amide bonds. The van der Waals surface area contributed by atoms with Crippen molar-refractivity contribution in [3.63, 3.8) is 0 Å². The van der Waals surface area contributed by atoms with Crippen LogP contribution in [-0.4, -0.2) is 54.1 Å². The SMILES string of the molecule is CN(C)C(=O)[C@@H](OC(=O)CCN1C(=O)c2ccccc2C1=O)c1ccccc1. The number of hydrogen-bond acceptors (Lipinski definition) is 5. The Labute approximate surface area is 162 Å². The number of amides is 3. The van der Waals surface area contributed by atoms with E-state index in [1.54, 1.807) is 68.7 Å². The van der Waals surface area contributed by atoms with Gasteiger partial charge in [0.25, 0.3) is 17.7 Å². The Bertz CT molecular complexity index is 888. The first-order valence-electron chi connectivity index (χ1n) is 8.81. The number of carbonyl (C=O) groups is 4. The summed E-state index contributed by atoms with van der Waals surface area (Å²) in [6.45, 7) is -0.108. The van der Waals surface area contributed by atoms with Gasteiger partial charge in [0.2, 0.25) is 6.10 Å². The van der Waals surface area contributed by atoms with Crippen LogP contribution in [-0.2, 0) is 14.3 Å². The number of nitrogens with zero attached hydrogens (tertiary/aromatic N) is 2. The molecule has 0 unspecified atom stereocenters. The molecule has 2 aromatic rings. The topological polar surface area (TPSA) is 84.0 Å². The Morgan fingerprint density at radius 1 is 0.929 bits per heavy atom. The molecule has 0 aliphatic carbocycles. The Morgan fingerprint density at radius 3 is 2.00 bits per heavy atom. The Morgan fingerprint density at radius 2 is 1.46 bits per heavy atom. The van der Waals surface area contributed by atoms with Crippen LogP contribution in [0.5, 0.6) is 0 Å². The highest BCUT2D eigenvalue weighted by molar-refractivity contribution is 6.21. The molecule has 144 valence electrons. The van der Waals surface area contributed by atoms with Gasteiger partial charge in [-0.15, -0.1) is 0 Å². The van der Waals surface area contributed by atoms with Gasteiger partial charge in [-0.2, -0.15) is 0 Å². The Balaban J connectivity index is 1.67. The van der Waals surface area contributed by atoms with Gasteiger partial charge < -0.3 is 9.64 Å². The van der Waals surface area contributed by atoms with Crippen LogP contribution in [0.25, 0.3) is 0 Å². The van der Waals surface area contributed by atoms with E-state index in [9.17, 15) is 19.2 Å². The minimum absolute atomic E-state index is 0.108. The summed E-state index contributed by atoms with van der Waals surface area (Å²) >= 11 is 0. The quantitative estimate of drug-likeness (QED) is 0.566. The van der Waals surface area contributed by atoms with Crippen molar-refractivity contribution in [1.29, 1.82) is 0 Å². The van der Waals surface area contributed by atoms with E-state index in [1.807, 2.05) is 0 Å². The molecular formula is C21H20N2O5. The molecule has 0 fully saturated rings. The molecule has 7 heteroatoms. The number of ether oxygens (including phenoxy) is 1. The van der Waals surface area contributed by atoms with Gasteiger partial charge >= 0.3 is 5.97 Å². The number of imide groups is 1. The maximum Gasteiger partial charge on any atom is 0.308 e. The van der Waals surface area contributed by atoms with Crippen molar-refractivity contribution in [1.82, 2.24) is 9.80 Å². The molecule has 2 aromatic carbocycles. The number of rotatable bonds is 6. The summed E-state index contributed by atoms with van der Waals surface area (Å²) in [5, 5.41) is 0. The van der Waals surface area contributed by atoms with Crippen LogP contribution < -0.4 is 0 Å². The highest BCUT2D eigenvalue weighted by atomic mass is 16.5. The summed E-state index contributed by atoms with van der Waals surface area (Å²) in [6, 6.07) is 15.2. The number of carbonyl (C=O) groups excluding carboxylic acids is 4. The molecule has 0 saturated carbocycles. The fourth-order valence-corrected chi connectivity index (χ4v) is 2.96. The lowest BCUT2D eigenvalue weighted by Gasteiger charge is -2.21. The van der Waals surface area contributed by atoms with E-state index in [4.69, 9.17) is 4.74 Å². The minimum Gasteiger partial charge on any atom is -0.447 e. The van der Waals surface area contributed by atoms with Gasteiger partial charge in [0.05, 0.1) is 17.5 Å². The highest BCUT2D eigenvalue weighted by Gasteiger charge is 2.35. The number of benzene rings is 2. The van der Waals surface area contributed by atoms with E-state index < -0.39 is 23.9 Å². The van der Waals surface area contributed by atoms with Gasteiger partial charge in [-0.05, 0) is 12.1 Å². The summed E-state index contributed by atoms with van der Waals surface area (Å²) in [5.41, 5.74) is 1.20. The molecule has 3 rings (SSSR count). The second-order valence-corrected chi connectivity index (χ2v) is 6.57. The molecular weight excluding hydrogens is 360 g/mol. The van der Waals surface area contributed by atoms with Crippen molar-refractivity contribution in [2.24, 2.45) is 0 Å². The fraction of sp³-hybridized carbons (Fsp3) is 0.238. The first kappa shape index (κ1) is 19.3. The monoisotopic (exact) mass is 380 g/mol. The first-order valence-corrected chi connectivity index (χ1v) is 8.81. The second kappa shape index (κ2) is 8.04. The van der Waals surface area contributed by atoms with Crippen LogP contribution in [0.15, 0.2) is 54.6 Å². The number of esters is 1. The predicted molar refractivity (Wildman–Crippen MR) is 100 cm³/mol. The van der Waals surface area contributed by atoms with Gasteiger partial charge in [0.15, 0.2) is 0 Å². The van der Waals surface area contributed by atoms with Gasteiger partial charge in [0, 0.05) is 26.2 Å². The Hall–Kier alpha value is -3.48. The molecule has 1 heterocycles. The van der Waals surface area contributed by atoms with Crippen LogP contribution >= 0.6 is 0 Å². The van der Waals surface area contributed by atoms with E-state index in [0.29, 0.717) is 16.7 Å². The normalized spacial score (nSPS) is 13.9. The third kappa shape index (κ3) is 3.78. The van der Waals surface area contributed by atoms with Crippen molar-refractivity contribution in [2.75, 3.05) is 20.6 Å². The molecule has 28 heavy (non-hydrogen) atoms.